The summed E-state index contributed by atoms with van der Waals surface area (Å²) in [6, 6.07) is 7.90. The van der Waals surface area contributed by atoms with E-state index in [1.807, 2.05) is 24.3 Å². The van der Waals surface area contributed by atoms with Gasteiger partial charge in [0.05, 0.1) is 24.2 Å². The Hall–Kier alpha value is -1.63. The number of aliphatic hydroxyl groups excluding tert-OH is 1. The lowest BCUT2D eigenvalue weighted by molar-refractivity contribution is 0.183. The van der Waals surface area contributed by atoms with E-state index in [-0.39, 0.29) is 6.61 Å². The summed E-state index contributed by atoms with van der Waals surface area (Å²) in [6.45, 7) is 3.98. The van der Waals surface area contributed by atoms with Crippen LogP contribution in [0.1, 0.15) is 24.1 Å². The highest BCUT2D eigenvalue weighted by Gasteiger charge is 2.16. The van der Waals surface area contributed by atoms with Gasteiger partial charge in [-0.25, -0.2) is 0 Å². The van der Waals surface area contributed by atoms with Crippen molar-refractivity contribution in [2.24, 2.45) is 0 Å². The first-order valence-corrected chi connectivity index (χ1v) is 9.18. The average molecular weight is 348 g/mol. The predicted molar refractivity (Wildman–Crippen MR) is 95.8 cm³/mol. The molecule has 5 nitrogen and oxygen atoms in total. The van der Waals surface area contributed by atoms with Gasteiger partial charge in [-0.2, -0.15) is 4.37 Å². The van der Waals surface area contributed by atoms with E-state index in [2.05, 4.69) is 9.27 Å². The Morgan fingerprint density at radius 2 is 2.08 bits per heavy atom. The Bertz CT molecular complexity index is 632. The van der Waals surface area contributed by atoms with E-state index in [4.69, 9.17) is 9.47 Å². The highest BCUT2D eigenvalue weighted by Crippen LogP contribution is 2.37. The second kappa shape index (κ2) is 8.46. The number of hydrogen-bond donors (Lipinski definition) is 1. The van der Waals surface area contributed by atoms with Gasteiger partial charge in [0.15, 0.2) is 0 Å². The summed E-state index contributed by atoms with van der Waals surface area (Å²) >= 11 is 1.27. The molecule has 0 bridgehead atoms. The number of ether oxygens (including phenoxy) is 2. The molecule has 0 spiro atoms. The third-order valence-corrected chi connectivity index (χ3v) is 5.13. The topological polar surface area (TPSA) is 54.8 Å². The number of rotatable bonds is 7. The van der Waals surface area contributed by atoms with E-state index in [1.54, 1.807) is 7.11 Å². The predicted octanol–water partition coefficient (Wildman–Crippen LogP) is 3.18. The monoisotopic (exact) mass is 348 g/mol. The van der Waals surface area contributed by atoms with Crippen LogP contribution in [0.25, 0.3) is 11.1 Å². The number of piperidine rings is 1. The van der Waals surface area contributed by atoms with Crippen LogP contribution in [-0.4, -0.2) is 47.7 Å². The minimum atomic E-state index is -0.0452. The molecule has 6 heteroatoms. The number of aromatic nitrogens is 1. The Labute approximate surface area is 147 Å². The van der Waals surface area contributed by atoms with E-state index >= 15 is 0 Å². The summed E-state index contributed by atoms with van der Waals surface area (Å²) in [6.07, 6.45) is 3.94. The molecular weight excluding hydrogens is 324 g/mol. The maximum absolute atomic E-state index is 9.52. The van der Waals surface area contributed by atoms with Gasteiger partial charge in [0, 0.05) is 6.54 Å². The van der Waals surface area contributed by atoms with Crippen LogP contribution in [0.3, 0.4) is 0 Å². The van der Waals surface area contributed by atoms with Gasteiger partial charge in [-0.05, 0) is 55.2 Å². The van der Waals surface area contributed by atoms with Gasteiger partial charge in [-0.1, -0.05) is 18.6 Å². The van der Waals surface area contributed by atoms with Crippen LogP contribution in [0.15, 0.2) is 24.3 Å². The van der Waals surface area contributed by atoms with Gasteiger partial charge in [0.25, 0.3) is 0 Å². The molecule has 1 aromatic heterocycles. The average Bonchev–Trinajstić information content (AvgIpc) is 3.06. The van der Waals surface area contributed by atoms with Gasteiger partial charge < -0.3 is 14.6 Å². The van der Waals surface area contributed by atoms with Crippen molar-refractivity contribution in [3.8, 4) is 22.8 Å². The molecule has 1 N–H and O–H groups in total. The highest BCUT2D eigenvalue weighted by molar-refractivity contribution is 7.06. The lowest BCUT2D eigenvalue weighted by atomic mass is 10.1. The number of hydrogen-bond acceptors (Lipinski definition) is 6. The third-order valence-electron chi connectivity index (χ3n) is 4.32. The maximum atomic E-state index is 9.52. The summed E-state index contributed by atoms with van der Waals surface area (Å²) in [4.78, 5) is 3.26. The van der Waals surface area contributed by atoms with Crippen molar-refractivity contribution < 1.29 is 14.6 Å². The van der Waals surface area contributed by atoms with Crippen molar-refractivity contribution in [3.05, 3.63) is 29.1 Å². The van der Waals surface area contributed by atoms with E-state index < -0.39 is 0 Å². The van der Waals surface area contributed by atoms with Gasteiger partial charge in [0.2, 0.25) is 5.88 Å². The molecule has 0 amide bonds. The van der Waals surface area contributed by atoms with Crippen molar-refractivity contribution >= 4 is 11.5 Å². The fraction of sp³-hybridized carbons (Fsp3) is 0.500. The normalized spacial score (nSPS) is 15.4. The van der Waals surface area contributed by atoms with E-state index in [0.29, 0.717) is 12.5 Å². The molecule has 0 unspecified atom stereocenters. The lowest BCUT2D eigenvalue weighted by Gasteiger charge is -2.26. The number of nitrogens with zero attached hydrogens (tertiary/aromatic N) is 2. The molecule has 2 aromatic rings. The number of methoxy groups -OCH3 is 1. The summed E-state index contributed by atoms with van der Waals surface area (Å²) in [5.74, 6) is 1.39. The molecule has 1 aromatic carbocycles. The van der Waals surface area contributed by atoms with Crippen molar-refractivity contribution in [2.45, 2.75) is 25.9 Å². The summed E-state index contributed by atoms with van der Waals surface area (Å²) in [5.41, 5.74) is 1.81. The zero-order valence-electron chi connectivity index (χ0n) is 14.0. The van der Waals surface area contributed by atoms with Crippen LogP contribution >= 0.6 is 11.5 Å². The van der Waals surface area contributed by atoms with Crippen LogP contribution in [0, 0.1) is 0 Å². The van der Waals surface area contributed by atoms with Crippen molar-refractivity contribution in [3.63, 3.8) is 0 Å². The van der Waals surface area contributed by atoms with Crippen LogP contribution in [0.2, 0.25) is 0 Å². The fourth-order valence-electron chi connectivity index (χ4n) is 3.06. The minimum Gasteiger partial charge on any atom is -0.492 e. The minimum absolute atomic E-state index is 0.0452. The van der Waals surface area contributed by atoms with Crippen LogP contribution in [-0.2, 0) is 6.61 Å². The second-order valence-electron chi connectivity index (χ2n) is 5.93. The van der Waals surface area contributed by atoms with Crippen molar-refractivity contribution in [1.29, 1.82) is 0 Å². The number of aliphatic hydroxyl groups is 1. The fourth-order valence-corrected chi connectivity index (χ4v) is 3.77. The molecule has 3 rings (SSSR count). The lowest BCUT2D eigenvalue weighted by Crippen LogP contribution is -2.33. The molecule has 0 aliphatic carbocycles. The molecule has 2 heterocycles. The number of likely N-dealkylation sites (tertiary alicyclic amines) is 1. The first kappa shape index (κ1) is 17.2. The maximum Gasteiger partial charge on any atom is 0.233 e. The molecule has 1 aliphatic heterocycles. The zero-order chi connectivity index (χ0) is 16.8. The molecule has 0 radical (unpaired) electrons. The summed E-state index contributed by atoms with van der Waals surface area (Å²) in [5, 5.41) is 9.52. The molecule has 24 heavy (non-hydrogen) atoms. The molecule has 1 fully saturated rings. The Morgan fingerprint density at radius 3 is 2.83 bits per heavy atom. The van der Waals surface area contributed by atoms with Crippen molar-refractivity contribution in [1.82, 2.24) is 9.27 Å². The third kappa shape index (κ3) is 4.06. The highest BCUT2D eigenvalue weighted by atomic mass is 32.1. The first-order valence-electron chi connectivity index (χ1n) is 8.41. The Morgan fingerprint density at radius 1 is 1.25 bits per heavy atom. The molecule has 1 saturated heterocycles. The van der Waals surface area contributed by atoms with E-state index in [0.717, 1.165) is 28.3 Å². The summed E-state index contributed by atoms with van der Waals surface area (Å²) in [7, 11) is 1.60. The number of benzene rings is 1. The van der Waals surface area contributed by atoms with Crippen molar-refractivity contribution in [2.75, 3.05) is 33.4 Å². The molecule has 0 atom stereocenters. The van der Waals surface area contributed by atoms with E-state index in [1.165, 1.54) is 43.9 Å². The quantitative estimate of drug-likeness (QED) is 0.833. The van der Waals surface area contributed by atoms with Crippen LogP contribution in [0.4, 0.5) is 0 Å². The molecule has 1 aliphatic rings. The van der Waals surface area contributed by atoms with Crippen LogP contribution in [0.5, 0.6) is 11.6 Å². The molecule has 0 saturated carbocycles. The summed E-state index contributed by atoms with van der Waals surface area (Å²) < 4.78 is 15.5. The van der Waals surface area contributed by atoms with E-state index in [9.17, 15) is 5.11 Å². The van der Waals surface area contributed by atoms with Gasteiger partial charge in [-0.3, -0.25) is 4.90 Å². The molecule has 130 valence electrons. The Kier molecular flexibility index (Phi) is 6.07. The zero-order valence-corrected chi connectivity index (χ0v) is 14.8. The van der Waals surface area contributed by atoms with Crippen LogP contribution < -0.4 is 9.47 Å². The van der Waals surface area contributed by atoms with Gasteiger partial charge in [0.1, 0.15) is 12.4 Å². The molecular formula is C18H24N2O3S. The first-order chi connectivity index (χ1) is 11.8. The van der Waals surface area contributed by atoms with Gasteiger partial charge >= 0.3 is 0 Å². The smallest absolute Gasteiger partial charge is 0.233 e. The SMILES string of the molecule is COc1nsc(CO)c1-c1cccc(OCCN2CCCCC2)c1. The van der Waals surface area contributed by atoms with Gasteiger partial charge in [-0.15, -0.1) is 0 Å². The Balaban J connectivity index is 1.67. The standard InChI is InChI=1S/C18H24N2O3S/c1-22-18-17(16(13-21)24-19-18)14-6-5-7-15(12-14)23-11-10-20-8-3-2-4-9-20/h5-7,12,21H,2-4,8-11,13H2,1H3. The second-order valence-corrected chi connectivity index (χ2v) is 6.78. The largest absolute Gasteiger partial charge is 0.492 e.